The summed E-state index contributed by atoms with van der Waals surface area (Å²) in [5.74, 6) is 0.463. The number of pyridine rings is 1. The number of hydrogen-bond donors (Lipinski definition) is 0. The van der Waals surface area contributed by atoms with E-state index < -0.39 is 10.0 Å². The molecule has 0 aliphatic heterocycles. The number of anilines is 1. The van der Waals surface area contributed by atoms with Gasteiger partial charge in [0.2, 0.25) is 0 Å². The second-order valence-electron chi connectivity index (χ2n) is 4.43. The highest BCUT2D eigenvalue weighted by Crippen LogP contribution is 2.21. The van der Waals surface area contributed by atoms with Crippen LogP contribution in [0.3, 0.4) is 0 Å². The molecule has 1 aromatic heterocycles. The molecule has 0 N–H and O–H groups in total. The molecule has 0 radical (unpaired) electrons. The van der Waals surface area contributed by atoms with Crippen molar-refractivity contribution >= 4 is 15.8 Å². The first-order valence-corrected chi connectivity index (χ1v) is 8.09. The van der Waals surface area contributed by atoms with Crippen LogP contribution in [0.2, 0.25) is 0 Å². The van der Waals surface area contributed by atoms with Crippen LogP contribution in [-0.2, 0) is 10.0 Å². The number of hydrogen-bond acceptors (Lipinski definition) is 3. The number of sulfonamides is 1. The van der Waals surface area contributed by atoms with Gasteiger partial charge in [-0.05, 0) is 30.7 Å². The minimum absolute atomic E-state index is 0.293. The fourth-order valence-corrected chi connectivity index (χ4v) is 3.36. The smallest absolute Gasteiger partial charge is 0.250 e. The maximum absolute atomic E-state index is 12.7. The van der Waals surface area contributed by atoms with Crippen molar-refractivity contribution in [3.63, 3.8) is 0 Å². The normalized spacial score (nSPS) is 11.2. The molecule has 20 heavy (non-hydrogen) atoms. The Morgan fingerprint density at radius 1 is 1.05 bits per heavy atom. The van der Waals surface area contributed by atoms with E-state index in [0.29, 0.717) is 17.3 Å². The maximum Gasteiger partial charge on any atom is 0.265 e. The van der Waals surface area contributed by atoms with Gasteiger partial charge < -0.3 is 0 Å². The second-order valence-corrected chi connectivity index (χ2v) is 6.29. The Labute approximate surface area is 120 Å². The third-order valence-electron chi connectivity index (χ3n) is 2.95. The molecule has 0 spiro atoms. The molecule has 0 unspecified atom stereocenters. The summed E-state index contributed by atoms with van der Waals surface area (Å²) >= 11 is 0. The molecule has 0 saturated carbocycles. The van der Waals surface area contributed by atoms with Crippen LogP contribution < -0.4 is 4.31 Å². The molecular weight excluding hydrogens is 272 g/mol. The molecule has 2 aromatic rings. The average Bonchev–Trinajstić information content (AvgIpc) is 2.49. The average molecular weight is 290 g/mol. The summed E-state index contributed by atoms with van der Waals surface area (Å²) in [6.45, 7) is 2.47. The van der Waals surface area contributed by atoms with Crippen molar-refractivity contribution in [3.05, 3.63) is 54.7 Å². The molecule has 5 heteroatoms. The first-order valence-electron chi connectivity index (χ1n) is 6.65. The monoisotopic (exact) mass is 290 g/mol. The van der Waals surface area contributed by atoms with E-state index in [9.17, 15) is 8.42 Å². The predicted octanol–water partition coefficient (Wildman–Crippen LogP) is 3.08. The molecule has 0 amide bonds. The van der Waals surface area contributed by atoms with Crippen molar-refractivity contribution in [2.75, 3.05) is 10.8 Å². The fraction of sp³-hybridized carbons (Fsp3) is 0.267. The predicted molar refractivity (Wildman–Crippen MR) is 80.1 cm³/mol. The molecule has 0 bridgehead atoms. The van der Waals surface area contributed by atoms with Crippen molar-refractivity contribution in [2.45, 2.75) is 24.7 Å². The van der Waals surface area contributed by atoms with Crippen molar-refractivity contribution in [3.8, 4) is 0 Å². The van der Waals surface area contributed by atoms with Crippen molar-refractivity contribution in [1.82, 2.24) is 4.98 Å². The Morgan fingerprint density at radius 3 is 2.35 bits per heavy atom. The van der Waals surface area contributed by atoms with Gasteiger partial charge in [0, 0.05) is 12.7 Å². The zero-order valence-corrected chi connectivity index (χ0v) is 12.3. The van der Waals surface area contributed by atoms with Crippen LogP contribution in [0.25, 0.3) is 0 Å². The lowest BCUT2D eigenvalue weighted by Gasteiger charge is -2.23. The Morgan fingerprint density at radius 2 is 1.75 bits per heavy atom. The van der Waals surface area contributed by atoms with Crippen LogP contribution in [0.15, 0.2) is 59.6 Å². The number of aromatic nitrogens is 1. The van der Waals surface area contributed by atoms with E-state index in [1.165, 1.54) is 4.31 Å². The summed E-state index contributed by atoms with van der Waals surface area (Å²) < 4.78 is 26.8. The Hall–Kier alpha value is -1.88. The molecule has 0 aliphatic carbocycles. The van der Waals surface area contributed by atoms with Crippen LogP contribution in [0, 0.1) is 0 Å². The van der Waals surface area contributed by atoms with Gasteiger partial charge in [-0.3, -0.25) is 0 Å². The lowest BCUT2D eigenvalue weighted by molar-refractivity contribution is 0.588. The van der Waals surface area contributed by atoms with Gasteiger partial charge in [0.25, 0.3) is 10.0 Å². The molecule has 0 saturated heterocycles. The van der Waals surface area contributed by atoms with E-state index in [2.05, 4.69) is 4.98 Å². The van der Waals surface area contributed by atoms with E-state index >= 15 is 0 Å². The Kier molecular flexibility index (Phi) is 4.74. The molecule has 1 heterocycles. The Balaban J connectivity index is 2.41. The van der Waals surface area contributed by atoms with Crippen molar-refractivity contribution in [1.29, 1.82) is 0 Å². The van der Waals surface area contributed by atoms with Crippen LogP contribution in [0.1, 0.15) is 19.8 Å². The van der Waals surface area contributed by atoms with Gasteiger partial charge in [0.1, 0.15) is 5.82 Å². The first kappa shape index (κ1) is 14.5. The summed E-state index contributed by atoms with van der Waals surface area (Å²) in [6, 6.07) is 13.8. The van der Waals surface area contributed by atoms with Crippen LogP contribution in [-0.4, -0.2) is 19.9 Å². The maximum atomic E-state index is 12.7. The van der Waals surface area contributed by atoms with Gasteiger partial charge in [0.05, 0.1) is 4.90 Å². The van der Waals surface area contributed by atoms with Gasteiger partial charge in [0.15, 0.2) is 0 Å². The number of unbranched alkanes of at least 4 members (excludes halogenated alkanes) is 1. The summed E-state index contributed by atoms with van der Waals surface area (Å²) in [4.78, 5) is 4.46. The third-order valence-corrected chi connectivity index (χ3v) is 4.77. The van der Waals surface area contributed by atoms with Gasteiger partial charge in [-0.25, -0.2) is 17.7 Å². The lowest BCUT2D eigenvalue weighted by atomic mass is 10.3. The summed E-state index contributed by atoms with van der Waals surface area (Å²) in [6.07, 6.45) is 3.32. The highest BCUT2D eigenvalue weighted by atomic mass is 32.2. The van der Waals surface area contributed by atoms with E-state index in [1.54, 1.807) is 54.7 Å². The fourth-order valence-electron chi connectivity index (χ4n) is 1.88. The molecule has 0 aliphatic rings. The summed E-state index contributed by atoms with van der Waals surface area (Å²) in [5, 5.41) is 0. The first-order chi connectivity index (χ1) is 9.66. The minimum atomic E-state index is -3.56. The molecule has 0 atom stereocenters. The topological polar surface area (TPSA) is 50.3 Å². The van der Waals surface area contributed by atoms with E-state index in [4.69, 9.17) is 0 Å². The van der Waals surface area contributed by atoms with Crippen molar-refractivity contribution in [2.24, 2.45) is 0 Å². The molecule has 106 valence electrons. The zero-order chi connectivity index (χ0) is 14.4. The highest BCUT2D eigenvalue weighted by Gasteiger charge is 2.24. The van der Waals surface area contributed by atoms with Gasteiger partial charge in [-0.1, -0.05) is 37.6 Å². The summed E-state index contributed by atoms with van der Waals surface area (Å²) in [5.41, 5.74) is 0. The molecule has 4 nitrogen and oxygen atoms in total. The van der Waals surface area contributed by atoms with Gasteiger partial charge >= 0.3 is 0 Å². The summed E-state index contributed by atoms with van der Waals surface area (Å²) in [7, 11) is -3.56. The standard InChI is InChI=1S/C15H18N2O2S/c1-2-3-13-17(15-11-7-8-12-16-15)20(18,19)14-9-5-4-6-10-14/h4-12H,2-3,13H2,1H3. The zero-order valence-electron chi connectivity index (χ0n) is 11.4. The number of nitrogens with zero attached hydrogens (tertiary/aromatic N) is 2. The molecule has 0 fully saturated rings. The quantitative estimate of drug-likeness (QED) is 0.821. The van der Waals surface area contributed by atoms with Crippen LogP contribution in [0.5, 0.6) is 0 Å². The van der Waals surface area contributed by atoms with Crippen molar-refractivity contribution < 1.29 is 8.42 Å². The van der Waals surface area contributed by atoms with Gasteiger partial charge in [-0.15, -0.1) is 0 Å². The largest absolute Gasteiger partial charge is 0.265 e. The lowest BCUT2D eigenvalue weighted by Crippen LogP contribution is -2.32. The van der Waals surface area contributed by atoms with E-state index in [1.807, 2.05) is 6.92 Å². The second kappa shape index (κ2) is 6.52. The molecule has 1 aromatic carbocycles. The molecular formula is C15H18N2O2S. The van der Waals surface area contributed by atoms with E-state index in [0.717, 1.165) is 12.8 Å². The Bertz CT molecular complexity index is 627. The van der Waals surface area contributed by atoms with Gasteiger partial charge in [-0.2, -0.15) is 0 Å². The SMILES string of the molecule is CCCCN(c1ccccn1)S(=O)(=O)c1ccccc1. The minimum Gasteiger partial charge on any atom is -0.250 e. The number of benzene rings is 1. The number of rotatable bonds is 6. The third kappa shape index (κ3) is 3.17. The highest BCUT2D eigenvalue weighted by molar-refractivity contribution is 7.92. The molecule has 2 rings (SSSR count). The van der Waals surface area contributed by atoms with Crippen LogP contribution in [0.4, 0.5) is 5.82 Å². The van der Waals surface area contributed by atoms with Crippen LogP contribution >= 0.6 is 0 Å². The van der Waals surface area contributed by atoms with E-state index in [-0.39, 0.29) is 0 Å².